The van der Waals surface area contributed by atoms with Crippen molar-refractivity contribution in [3.05, 3.63) is 40.6 Å². The normalized spacial score (nSPS) is 25.0. The number of halogens is 2. The van der Waals surface area contributed by atoms with Crippen LogP contribution in [0.5, 0.6) is 0 Å². The third-order valence-electron chi connectivity index (χ3n) is 8.12. The summed E-state index contributed by atoms with van der Waals surface area (Å²) < 4.78 is 41.3. The van der Waals surface area contributed by atoms with E-state index in [4.69, 9.17) is 0 Å². The van der Waals surface area contributed by atoms with Gasteiger partial charge in [0.25, 0.3) is 0 Å². The van der Waals surface area contributed by atoms with Crippen molar-refractivity contribution in [3.63, 3.8) is 0 Å². The van der Waals surface area contributed by atoms with Gasteiger partial charge >= 0.3 is 5.25 Å². The van der Waals surface area contributed by atoms with Gasteiger partial charge in [0.15, 0.2) is 0 Å². The molecule has 4 aliphatic rings. The molecule has 2 N–H and O–H groups in total. The van der Waals surface area contributed by atoms with E-state index in [-0.39, 0.29) is 23.0 Å². The average molecular weight is 489 g/mol. The lowest BCUT2D eigenvalue weighted by Gasteiger charge is -2.42. The second kappa shape index (κ2) is 8.22. The van der Waals surface area contributed by atoms with E-state index in [1.807, 2.05) is 0 Å². The Kier molecular flexibility index (Phi) is 5.40. The highest BCUT2D eigenvalue weighted by Gasteiger charge is 2.50. The zero-order valence-electron chi connectivity index (χ0n) is 19.2. The Balaban J connectivity index is 1.25. The lowest BCUT2D eigenvalue weighted by atomic mass is 9.77. The molecule has 2 aliphatic carbocycles. The number of benzene rings is 1. The molecule has 182 valence electrons. The van der Waals surface area contributed by atoms with Gasteiger partial charge in [-0.1, -0.05) is 18.2 Å². The quantitative estimate of drug-likeness (QED) is 0.664. The van der Waals surface area contributed by atoms with Crippen LogP contribution in [0.2, 0.25) is 0 Å². The fourth-order valence-corrected chi connectivity index (χ4v) is 7.04. The predicted octanol–water partition coefficient (Wildman–Crippen LogP) is 3.93. The number of aryl methyl sites for hydroxylation is 2. The minimum atomic E-state index is -3.35. The van der Waals surface area contributed by atoms with Crippen LogP contribution >= 0.6 is 0 Å². The van der Waals surface area contributed by atoms with Crippen molar-refractivity contribution in [1.29, 1.82) is 0 Å². The minimum absolute atomic E-state index is 0.00139. The van der Waals surface area contributed by atoms with Gasteiger partial charge in [-0.25, -0.2) is 9.19 Å². The monoisotopic (exact) mass is 488 g/mol. The number of aliphatic hydroxyl groups excluding tert-OH is 1. The molecule has 1 atom stereocenters. The van der Waals surface area contributed by atoms with Gasteiger partial charge in [-0.15, -0.1) is 0 Å². The third-order valence-corrected chi connectivity index (χ3v) is 9.61. The summed E-state index contributed by atoms with van der Waals surface area (Å²) in [5.41, 5.74) is 3.93. The Morgan fingerprint density at radius 2 is 1.88 bits per heavy atom. The van der Waals surface area contributed by atoms with Gasteiger partial charge in [-0.05, 0) is 74.0 Å². The Labute approximate surface area is 200 Å². The maximum atomic E-state index is 14.4. The molecule has 0 bridgehead atoms. The van der Waals surface area contributed by atoms with Gasteiger partial charge < -0.3 is 15.3 Å². The molecule has 0 radical (unpaired) electrons. The lowest BCUT2D eigenvalue weighted by molar-refractivity contribution is 0.104. The topological polar surface area (TPSA) is 78.4 Å². The summed E-state index contributed by atoms with van der Waals surface area (Å²) in [5.74, 6) is 1.08. The van der Waals surface area contributed by atoms with Gasteiger partial charge in [-0.2, -0.15) is 13.8 Å². The molecule has 6 nitrogen and oxygen atoms in total. The molecule has 2 aliphatic heterocycles. The van der Waals surface area contributed by atoms with E-state index in [9.17, 15) is 18.1 Å². The van der Waals surface area contributed by atoms with Crippen LogP contribution in [0.4, 0.5) is 20.5 Å². The summed E-state index contributed by atoms with van der Waals surface area (Å²) in [5, 5.41) is 9.73. The van der Waals surface area contributed by atoms with Crippen molar-refractivity contribution in [1.82, 2.24) is 9.97 Å². The summed E-state index contributed by atoms with van der Waals surface area (Å²) in [4.78, 5) is 11.1. The Hall–Kier alpha value is -2.13. The van der Waals surface area contributed by atoms with Crippen LogP contribution in [0.15, 0.2) is 23.1 Å². The van der Waals surface area contributed by atoms with Crippen LogP contribution in [-0.2, 0) is 30.1 Å². The van der Waals surface area contributed by atoms with Crippen LogP contribution in [0.1, 0.15) is 66.8 Å². The smallest absolute Gasteiger partial charge is 0.331 e. The van der Waals surface area contributed by atoms with Crippen molar-refractivity contribution >= 4 is 22.6 Å². The SMILES string of the molecule is O=[S@@]1c2c(nc(N3CCC(c4ccc5c(c4)CCC5)CC3)nc2NC2(CO)CCC2)CC1(F)F. The number of fused-ring (bicyclic) bond motifs is 2. The van der Waals surface area contributed by atoms with Gasteiger partial charge in [-0.3, -0.25) is 0 Å². The lowest BCUT2D eigenvalue weighted by Crippen LogP contribution is -2.49. The average Bonchev–Trinajstić information content (AvgIpc) is 3.37. The largest absolute Gasteiger partial charge is 0.394 e. The number of nitrogens with zero attached hydrogens (tertiary/aromatic N) is 3. The van der Waals surface area contributed by atoms with Crippen LogP contribution in [-0.4, -0.2) is 49.8 Å². The Bertz CT molecular complexity index is 1140. The highest BCUT2D eigenvalue weighted by atomic mass is 32.2. The highest BCUT2D eigenvalue weighted by Crippen LogP contribution is 2.44. The molecule has 3 heterocycles. The fourth-order valence-electron chi connectivity index (χ4n) is 5.87. The van der Waals surface area contributed by atoms with E-state index < -0.39 is 28.0 Å². The second-order valence-electron chi connectivity index (χ2n) is 10.3. The van der Waals surface area contributed by atoms with Crippen LogP contribution in [0.25, 0.3) is 0 Å². The van der Waals surface area contributed by atoms with Crippen LogP contribution in [0.3, 0.4) is 0 Å². The molecule has 2 aromatic rings. The fraction of sp³-hybridized carbons (Fsp3) is 0.600. The molecule has 34 heavy (non-hydrogen) atoms. The molecule has 1 saturated carbocycles. The van der Waals surface area contributed by atoms with Crippen LogP contribution < -0.4 is 10.2 Å². The van der Waals surface area contributed by atoms with Crippen molar-refractivity contribution in [3.8, 4) is 0 Å². The third kappa shape index (κ3) is 3.71. The first-order valence-electron chi connectivity index (χ1n) is 12.3. The first-order chi connectivity index (χ1) is 16.4. The van der Waals surface area contributed by atoms with Crippen molar-refractivity contribution in [2.75, 3.05) is 29.9 Å². The van der Waals surface area contributed by atoms with Gasteiger partial charge in [0.2, 0.25) is 5.95 Å². The number of aromatic nitrogens is 2. The van der Waals surface area contributed by atoms with E-state index in [1.165, 1.54) is 36.0 Å². The number of anilines is 2. The maximum absolute atomic E-state index is 14.4. The molecule has 2 fully saturated rings. The Morgan fingerprint density at radius 1 is 1.12 bits per heavy atom. The molecule has 9 heteroatoms. The molecular formula is C25H30F2N4O2S. The summed E-state index contributed by atoms with van der Waals surface area (Å²) >= 11 is 0. The number of piperidine rings is 1. The van der Waals surface area contributed by atoms with E-state index >= 15 is 0 Å². The van der Waals surface area contributed by atoms with Crippen molar-refractivity contribution < 1.29 is 18.1 Å². The maximum Gasteiger partial charge on any atom is 0.331 e. The van der Waals surface area contributed by atoms with E-state index in [2.05, 4.69) is 38.4 Å². The number of aliphatic hydroxyl groups is 1. The van der Waals surface area contributed by atoms with E-state index in [0.29, 0.717) is 11.9 Å². The summed E-state index contributed by atoms with van der Waals surface area (Å²) in [7, 11) is -2.50. The number of nitrogens with one attached hydrogen (secondary N) is 1. The van der Waals surface area contributed by atoms with Crippen molar-refractivity contribution in [2.45, 2.75) is 79.4 Å². The van der Waals surface area contributed by atoms with Crippen molar-refractivity contribution in [2.24, 2.45) is 0 Å². The van der Waals surface area contributed by atoms with Gasteiger partial charge in [0, 0.05) is 13.1 Å². The zero-order valence-corrected chi connectivity index (χ0v) is 20.0. The van der Waals surface area contributed by atoms with Gasteiger partial charge in [0.05, 0.1) is 24.3 Å². The number of alkyl halides is 2. The van der Waals surface area contributed by atoms with E-state index in [0.717, 1.165) is 45.2 Å². The van der Waals surface area contributed by atoms with E-state index in [1.54, 1.807) is 0 Å². The Morgan fingerprint density at radius 3 is 2.59 bits per heavy atom. The highest BCUT2D eigenvalue weighted by molar-refractivity contribution is 7.86. The molecule has 1 saturated heterocycles. The zero-order chi connectivity index (χ0) is 23.5. The standard InChI is InChI=1S/C25H30F2N4O2S/c26-25(27)14-20-21(34(25)33)22(30-24(15-32)9-2-10-24)29-23(28-20)31-11-7-17(8-12-31)19-6-5-16-3-1-4-18(16)13-19/h5-6,13,17,32H,1-4,7-12,14-15H2,(H,28,29,30)/t34-/m1/s1. The van der Waals surface area contributed by atoms with Crippen LogP contribution in [0, 0.1) is 0 Å². The number of hydrogen-bond donors (Lipinski definition) is 2. The molecule has 0 unspecified atom stereocenters. The molecule has 0 spiro atoms. The summed E-state index contributed by atoms with van der Waals surface area (Å²) in [6.45, 7) is 1.37. The summed E-state index contributed by atoms with van der Waals surface area (Å²) in [6.07, 6.45) is 7.25. The minimum Gasteiger partial charge on any atom is -0.394 e. The molecule has 6 rings (SSSR count). The number of hydrogen-bond acceptors (Lipinski definition) is 6. The molecule has 0 amide bonds. The first-order valence-corrected chi connectivity index (χ1v) is 13.5. The first kappa shape index (κ1) is 22.3. The molecule has 1 aromatic carbocycles. The second-order valence-corrected chi connectivity index (χ2v) is 11.8. The summed E-state index contributed by atoms with van der Waals surface area (Å²) in [6, 6.07) is 6.92. The van der Waals surface area contributed by atoms with Gasteiger partial charge in [0.1, 0.15) is 21.5 Å². The molecular weight excluding hydrogens is 458 g/mol. The number of rotatable bonds is 5. The predicted molar refractivity (Wildman–Crippen MR) is 127 cm³/mol. The molecule has 1 aromatic heterocycles.